The van der Waals surface area contributed by atoms with Gasteiger partial charge in [0.1, 0.15) is 5.76 Å². The summed E-state index contributed by atoms with van der Waals surface area (Å²) in [6.07, 6.45) is 2.19. The van der Waals surface area contributed by atoms with Gasteiger partial charge in [-0.3, -0.25) is 4.79 Å². The normalized spacial score (nSPS) is 10.6. The first-order chi connectivity index (χ1) is 9.51. The molecule has 20 heavy (non-hydrogen) atoms. The molecule has 1 aromatic heterocycles. The van der Waals surface area contributed by atoms with Crippen LogP contribution in [0.2, 0.25) is 0 Å². The van der Waals surface area contributed by atoms with Crippen molar-refractivity contribution in [2.24, 2.45) is 0 Å². The van der Waals surface area contributed by atoms with E-state index in [4.69, 9.17) is 4.42 Å². The first-order valence-electron chi connectivity index (χ1n) is 5.87. The summed E-state index contributed by atoms with van der Waals surface area (Å²) >= 11 is 0. The highest BCUT2D eigenvalue weighted by Gasteiger charge is 2.15. The zero-order chi connectivity index (χ0) is 14.7. The zero-order valence-electron chi connectivity index (χ0n) is 10.5. The van der Waals surface area contributed by atoms with Gasteiger partial charge in [0.15, 0.2) is 17.5 Å². The Balaban J connectivity index is 2.05. The first-order valence-corrected chi connectivity index (χ1v) is 5.87. The molecule has 0 aliphatic heterocycles. The molecule has 0 aliphatic carbocycles. The number of amides is 1. The molecule has 0 saturated carbocycles. The topological polar surface area (TPSA) is 55.1 Å². The highest BCUT2D eigenvalue weighted by Crippen LogP contribution is 2.13. The minimum atomic E-state index is -1.61. The molecule has 0 bridgehead atoms. The molecule has 0 atom stereocenters. The number of carbonyl (C=O) groups excluding carboxylic acids is 1. The summed E-state index contributed by atoms with van der Waals surface area (Å²) in [5, 5.41) is 2.38. The van der Waals surface area contributed by atoms with Crippen molar-refractivity contribution >= 4 is 5.91 Å². The number of halogens is 3. The molecule has 106 valence electrons. The molecule has 0 spiro atoms. The second kappa shape index (κ2) is 5.77. The monoisotopic (exact) mass is 284 g/mol. The first kappa shape index (κ1) is 14.1. The van der Waals surface area contributed by atoms with Gasteiger partial charge in [0.2, 0.25) is 5.89 Å². The lowest BCUT2D eigenvalue weighted by Crippen LogP contribution is -2.23. The Morgan fingerprint density at radius 3 is 2.50 bits per heavy atom. The molecular formula is C13H11F3N2O2. The Morgan fingerprint density at radius 1 is 1.30 bits per heavy atom. The maximum absolute atomic E-state index is 13.0. The fourth-order valence-corrected chi connectivity index (χ4v) is 1.54. The van der Waals surface area contributed by atoms with E-state index in [1.165, 1.54) is 6.20 Å². The lowest BCUT2D eigenvalue weighted by Gasteiger charge is -2.04. The number of aromatic nitrogens is 1. The van der Waals surface area contributed by atoms with Crippen molar-refractivity contribution in [3.05, 3.63) is 53.0 Å². The molecule has 2 rings (SSSR count). The average Bonchev–Trinajstić information content (AvgIpc) is 2.89. The Hall–Kier alpha value is -2.31. The van der Waals surface area contributed by atoms with Crippen molar-refractivity contribution in [3.63, 3.8) is 0 Å². The van der Waals surface area contributed by atoms with Gasteiger partial charge in [-0.05, 0) is 12.1 Å². The van der Waals surface area contributed by atoms with Crippen molar-refractivity contribution in [2.75, 3.05) is 0 Å². The number of nitrogens with one attached hydrogen (secondary N) is 1. The number of aryl methyl sites for hydroxylation is 1. The van der Waals surface area contributed by atoms with E-state index in [1.807, 2.05) is 6.92 Å². The zero-order valence-corrected chi connectivity index (χ0v) is 10.5. The number of rotatable bonds is 4. The third-order valence-electron chi connectivity index (χ3n) is 2.60. The number of hydrogen-bond donors (Lipinski definition) is 1. The van der Waals surface area contributed by atoms with E-state index in [1.54, 1.807) is 0 Å². The molecule has 0 fully saturated rings. The van der Waals surface area contributed by atoms with Gasteiger partial charge in [-0.15, -0.1) is 0 Å². The summed E-state index contributed by atoms with van der Waals surface area (Å²) in [5.74, 6) is -4.26. The fraction of sp³-hybridized carbons (Fsp3) is 0.231. The van der Waals surface area contributed by atoms with Crippen LogP contribution in [0.1, 0.15) is 28.9 Å². The van der Waals surface area contributed by atoms with E-state index < -0.39 is 23.4 Å². The molecule has 2 aromatic rings. The van der Waals surface area contributed by atoms with Crippen molar-refractivity contribution in [1.29, 1.82) is 0 Å². The van der Waals surface area contributed by atoms with E-state index in [-0.39, 0.29) is 18.0 Å². The molecule has 0 unspecified atom stereocenters. The molecule has 1 heterocycles. The lowest BCUT2D eigenvalue weighted by atomic mass is 10.2. The smallest absolute Gasteiger partial charge is 0.251 e. The molecule has 1 N–H and O–H groups in total. The van der Waals surface area contributed by atoms with Crippen LogP contribution in [-0.2, 0) is 13.0 Å². The molecule has 7 heteroatoms. The highest BCUT2D eigenvalue weighted by molar-refractivity contribution is 5.94. The van der Waals surface area contributed by atoms with Gasteiger partial charge in [-0.25, -0.2) is 18.2 Å². The van der Waals surface area contributed by atoms with Gasteiger partial charge >= 0.3 is 0 Å². The van der Waals surface area contributed by atoms with Crippen LogP contribution in [0.4, 0.5) is 13.2 Å². The predicted molar refractivity (Wildman–Crippen MR) is 63.4 cm³/mol. The largest absolute Gasteiger partial charge is 0.444 e. The minimum Gasteiger partial charge on any atom is -0.444 e. The van der Waals surface area contributed by atoms with Gasteiger partial charge in [0.05, 0.1) is 12.7 Å². The number of hydrogen-bond acceptors (Lipinski definition) is 3. The molecule has 1 amide bonds. The summed E-state index contributed by atoms with van der Waals surface area (Å²) in [6.45, 7) is 1.85. The molecule has 0 aliphatic rings. The molecule has 0 saturated heterocycles. The summed E-state index contributed by atoms with van der Waals surface area (Å²) in [7, 11) is 0. The van der Waals surface area contributed by atoms with Crippen LogP contribution >= 0.6 is 0 Å². The maximum Gasteiger partial charge on any atom is 0.251 e. The van der Waals surface area contributed by atoms with Crippen LogP contribution in [0, 0.1) is 17.5 Å². The highest BCUT2D eigenvalue weighted by atomic mass is 19.2. The van der Waals surface area contributed by atoms with Crippen LogP contribution in [0.5, 0.6) is 0 Å². The molecular weight excluding hydrogens is 273 g/mol. The standard InChI is InChI=1S/C13H11F3N2O2/c1-2-8-5-17-11(20-8)6-18-13(19)7-3-9(14)12(16)10(15)4-7/h3-5H,2,6H2,1H3,(H,18,19). The SMILES string of the molecule is CCc1cnc(CNC(=O)c2cc(F)c(F)c(F)c2)o1. The number of nitrogens with zero attached hydrogens (tertiary/aromatic N) is 1. The van der Waals surface area contributed by atoms with Crippen LogP contribution in [0.25, 0.3) is 0 Å². The third kappa shape index (κ3) is 2.98. The van der Waals surface area contributed by atoms with Crippen molar-refractivity contribution in [1.82, 2.24) is 10.3 Å². The minimum absolute atomic E-state index is 0.0283. The van der Waals surface area contributed by atoms with Crippen LogP contribution < -0.4 is 5.32 Å². The van der Waals surface area contributed by atoms with E-state index in [0.29, 0.717) is 24.3 Å². The Kier molecular flexibility index (Phi) is 4.07. The predicted octanol–water partition coefficient (Wildman–Crippen LogP) is 2.58. The average molecular weight is 284 g/mol. The Bertz CT molecular complexity index is 617. The third-order valence-corrected chi connectivity index (χ3v) is 2.60. The van der Waals surface area contributed by atoms with Gasteiger partial charge < -0.3 is 9.73 Å². The van der Waals surface area contributed by atoms with Crippen LogP contribution in [-0.4, -0.2) is 10.9 Å². The Morgan fingerprint density at radius 2 is 1.95 bits per heavy atom. The maximum atomic E-state index is 13.0. The quantitative estimate of drug-likeness (QED) is 0.878. The van der Waals surface area contributed by atoms with Gasteiger partial charge in [0.25, 0.3) is 5.91 Å². The molecule has 1 aromatic carbocycles. The van der Waals surface area contributed by atoms with Gasteiger partial charge in [0, 0.05) is 12.0 Å². The summed E-state index contributed by atoms with van der Waals surface area (Å²) in [6, 6.07) is 1.25. The number of benzene rings is 1. The second-order valence-corrected chi connectivity index (χ2v) is 4.01. The molecule has 4 nitrogen and oxygen atoms in total. The van der Waals surface area contributed by atoms with Crippen molar-refractivity contribution in [2.45, 2.75) is 19.9 Å². The van der Waals surface area contributed by atoms with Crippen LogP contribution in [0.3, 0.4) is 0 Å². The molecule has 0 radical (unpaired) electrons. The van der Waals surface area contributed by atoms with Gasteiger partial charge in [-0.1, -0.05) is 6.92 Å². The summed E-state index contributed by atoms with van der Waals surface area (Å²) in [5.41, 5.74) is -0.316. The van der Waals surface area contributed by atoms with E-state index in [0.717, 1.165) is 0 Å². The van der Waals surface area contributed by atoms with E-state index >= 15 is 0 Å². The lowest BCUT2D eigenvalue weighted by molar-refractivity contribution is 0.0946. The van der Waals surface area contributed by atoms with Crippen LogP contribution in [0.15, 0.2) is 22.7 Å². The summed E-state index contributed by atoms with van der Waals surface area (Å²) < 4.78 is 44.0. The van der Waals surface area contributed by atoms with Crippen molar-refractivity contribution < 1.29 is 22.4 Å². The fourth-order valence-electron chi connectivity index (χ4n) is 1.54. The van der Waals surface area contributed by atoms with E-state index in [2.05, 4.69) is 10.3 Å². The second-order valence-electron chi connectivity index (χ2n) is 4.01. The number of oxazole rings is 1. The van der Waals surface area contributed by atoms with Gasteiger partial charge in [-0.2, -0.15) is 0 Å². The number of carbonyl (C=O) groups is 1. The van der Waals surface area contributed by atoms with E-state index in [9.17, 15) is 18.0 Å². The summed E-state index contributed by atoms with van der Waals surface area (Å²) in [4.78, 5) is 15.6. The van der Waals surface area contributed by atoms with Crippen molar-refractivity contribution in [3.8, 4) is 0 Å². The Labute approximate surface area is 112 Å².